The van der Waals surface area contributed by atoms with Crippen LogP contribution in [-0.4, -0.2) is 35.3 Å². The first-order valence-electron chi connectivity index (χ1n) is 9.14. The monoisotopic (exact) mass is 363 g/mol. The minimum Gasteiger partial charge on any atom is -0.311 e. The summed E-state index contributed by atoms with van der Waals surface area (Å²) in [5, 5.41) is 2.28. The van der Waals surface area contributed by atoms with Gasteiger partial charge in [0.05, 0.1) is 0 Å². The number of anilines is 1. The third-order valence-corrected chi connectivity index (χ3v) is 5.07. The quantitative estimate of drug-likeness (QED) is 0.830. The summed E-state index contributed by atoms with van der Waals surface area (Å²) in [6.07, 6.45) is 2.20. The van der Waals surface area contributed by atoms with Crippen molar-refractivity contribution in [3.05, 3.63) is 65.7 Å². The van der Waals surface area contributed by atoms with Crippen LogP contribution in [0.5, 0.6) is 0 Å². The number of nitrogens with one attached hydrogen (secondary N) is 1. The van der Waals surface area contributed by atoms with Crippen molar-refractivity contribution >= 4 is 23.5 Å². The van der Waals surface area contributed by atoms with E-state index in [2.05, 4.69) is 17.4 Å². The van der Waals surface area contributed by atoms with Crippen molar-refractivity contribution in [1.29, 1.82) is 0 Å². The molecule has 2 aromatic rings. The van der Waals surface area contributed by atoms with Gasteiger partial charge >= 0.3 is 6.03 Å². The van der Waals surface area contributed by atoms with E-state index in [-0.39, 0.29) is 30.4 Å². The van der Waals surface area contributed by atoms with Crippen molar-refractivity contribution in [3.63, 3.8) is 0 Å². The van der Waals surface area contributed by atoms with Crippen LogP contribution >= 0.6 is 0 Å². The average molecular weight is 363 g/mol. The van der Waals surface area contributed by atoms with Crippen LogP contribution in [0.1, 0.15) is 24.0 Å². The Balaban J connectivity index is 1.53. The summed E-state index contributed by atoms with van der Waals surface area (Å²) >= 11 is 0. The van der Waals surface area contributed by atoms with Gasteiger partial charge in [-0.05, 0) is 36.1 Å². The second-order valence-electron chi connectivity index (χ2n) is 7.03. The zero-order valence-corrected chi connectivity index (χ0v) is 14.9. The van der Waals surface area contributed by atoms with Gasteiger partial charge in [-0.3, -0.25) is 14.9 Å². The molecule has 0 bridgehead atoms. The molecule has 2 aliphatic rings. The summed E-state index contributed by atoms with van der Waals surface area (Å²) in [5.74, 6) is -0.157. The van der Waals surface area contributed by atoms with E-state index >= 15 is 0 Å². The molecule has 1 N–H and O–H groups in total. The molecule has 27 heavy (non-hydrogen) atoms. The van der Waals surface area contributed by atoms with Gasteiger partial charge in [0, 0.05) is 24.7 Å². The zero-order chi connectivity index (χ0) is 18.8. The second-order valence-corrected chi connectivity index (χ2v) is 7.03. The molecule has 0 saturated carbocycles. The highest BCUT2D eigenvalue weighted by Gasteiger charge is 2.32. The number of imide groups is 1. The molecule has 6 heteroatoms. The first-order chi connectivity index (χ1) is 13.1. The largest absolute Gasteiger partial charge is 0.324 e. The molecule has 0 unspecified atom stereocenters. The molecule has 2 aliphatic heterocycles. The number of hydrogen-bond donors (Lipinski definition) is 1. The molecular formula is C21H21N3O3. The summed E-state index contributed by atoms with van der Waals surface area (Å²) in [7, 11) is 0. The lowest BCUT2D eigenvalue weighted by molar-refractivity contribution is -0.118. The van der Waals surface area contributed by atoms with Gasteiger partial charge in [-0.1, -0.05) is 42.5 Å². The van der Waals surface area contributed by atoms with Crippen LogP contribution in [0.4, 0.5) is 10.5 Å². The first kappa shape index (κ1) is 17.3. The fourth-order valence-electron chi connectivity index (χ4n) is 3.81. The highest BCUT2D eigenvalue weighted by atomic mass is 16.2. The lowest BCUT2D eigenvalue weighted by Gasteiger charge is -2.26. The van der Waals surface area contributed by atoms with Crippen LogP contribution in [0.15, 0.2) is 54.6 Å². The lowest BCUT2D eigenvalue weighted by atomic mass is 10.0. The van der Waals surface area contributed by atoms with Crippen LogP contribution in [0, 0.1) is 0 Å². The number of amides is 4. The SMILES string of the molecule is O=C1CN(Cc2cccc(N3C(=O)CC[C@H]3Cc3ccccc3)c2)C(=O)N1. The van der Waals surface area contributed by atoms with Gasteiger partial charge in [-0.15, -0.1) is 0 Å². The van der Waals surface area contributed by atoms with Gasteiger partial charge in [0.15, 0.2) is 0 Å². The van der Waals surface area contributed by atoms with Crippen molar-refractivity contribution in [1.82, 2.24) is 10.2 Å². The third kappa shape index (κ3) is 3.69. The molecule has 0 spiro atoms. The summed E-state index contributed by atoms with van der Waals surface area (Å²) in [5.41, 5.74) is 2.96. The number of benzene rings is 2. The number of carbonyl (C=O) groups excluding carboxylic acids is 3. The van der Waals surface area contributed by atoms with E-state index in [0.29, 0.717) is 13.0 Å². The van der Waals surface area contributed by atoms with E-state index in [0.717, 1.165) is 24.1 Å². The molecule has 2 heterocycles. The molecule has 0 aromatic heterocycles. The molecule has 4 rings (SSSR count). The summed E-state index contributed by atoms with van der Waals surface area (Å²) in [6, 6.07) is 17.6. The van der Waals surface area contributed by atoms with Gasteiger partial charge in [0.25, 0.3) is 0 Å². The Morgan fingerprint density at radius 3 is 2.48 bits per heavy atom. The average Bonchev–Trinajstić information content (AvgIpc) is 3.17. The standard InChI is InChI=1S/C21H21N3O3/c25-19-14-23(21(27)22-19)13-16-7-4-8-17(12-16)24-18(9-10-20(24)26)11-15-5-2-1-3-6-15/h1-8,12,18H,9-11,13-14H2,(H,22,25,27)/t18-/m0/s1. The lowest BCUT2D eigenvalue weighted by Crippen LogP contribution is -2.34. The zero-order valence-electron chi connectivity index (χ0n) is 14.9. The van der Waals surface area contributed by atoms with Crippen LogP contribution in [0.2, 0.25) is 0 Å². The smallest absolute Gasteiger partial charge is 0.311 e. The normalized spacial score (nSPS) is 19.7. The Bertz CT molecular complexity index is 881. The van der Waals surface area contributed by atoms with E-state index in [1.165, 1.54) is 10.5 Å². The number of carbonyl (C=O) groups is 3. The Hall–Kier alpha value is -3.15. The molecule has 1 atom stereocenters. The highest BCUT2D eigenvalue weighted by Crippen LogP contribution is 2.29. The summed E-state index contributed by atoms with van der Waals surface area (Å²) in [4.78, 5) is 39.0. The fourth-order valence-corrected chi connectivity index (χ4v) is 3.81. The van der Waals surface area contributed by atoms with Gasteiger partial charge < -0.3 is 9.80 Å². The van der Waals surface area contributed by atoms with Crippen LogP contribution in [0.3, 0.4) is 0 Å². The maximum Gasteiger partial charge on any atom is 0.324 e. The molecule has 6 nitrogen and oxygen atoms in total. The van der Waals surface area contributed by atoms with Crippen molar-refractivity contribution in [2.45, 2.75) is 31.8 Å². The van der Waals surface area contributed by atoms with Gasteiger partial charge in [0.1, 0.15) is 6.54 Å². The maximum absolute atomic E-state index is 12.5. The van der Waals surface area contributed by atoms with E-state index in [1.54, 1.807) is 0 Å². The fraction of sp³-hybridized carbons (Fsp3) is 0.286. The van der Waals surface area contributed by atoms with Crippen LogP contribution < -0.4 is 10.2 Å². The third-order valence-electron chi connectivity index (χ3n) is 5.07. The minimum atomic E-state index is -0.371. The van der Waals surface area contributed by atoms with Gasteiger partial charge in [-0.2, -0.15) is 0 Å². The minimum absolute atomic E-state index is 0.0718. The predicted octanol–water partition coefficient (Wildman–Crippen LogP) is 2.48. The molecule has 2 fully saturated rings. The van der Waals surface area contributed by atoms with Crippen LogP contribution in [-0.2, 0) is 22.6 Å². The van der Waals surface area contributed by atoms with Crippen molar-refractivity contribution in [2.24, 2.45) is 0 Å². The van der Waals surface area contributed by atoms with E-state index in [1.807, 2.05) is 47.4 Å². The maximum atomic E-state index is 12.5. The number of urea groups is 1. The van der Waals surface area contributed by atoms with Crippen molar-refractivity contribution < 1.29 is 14.4 Å². The van der Waals surface area contributed by atoms with Crippen molar-refractivity contribution in [2.75, 3.05) is 11.4 Å². The number of nitrogens with zero attached hydrogens (tertiary/aromatic N) is 2. The van der Waals surface area contributed by atoms with E-state index in [9.17, 15) is 14.4 Å². The molecular weight excluding hydrogens is 342 g/mol. The summed E-state index contributed by atoms with van der Waals surface area (Å²) in [6.45, 7) is 0.416. The molecule has 0 radical (unpaired) electrons. The highest BCUT2D eigenvalue weighted by molar-refractivity contribution is 6.01. The molecule has 4 amide bonds. The first-order valence-corrected chi connectivity index (χ1v) is 9.14. The van der Waals surface area contributed by atoms with Gasteiger partial charge in [0.2, 0.25) is 11.8 Å². The van der Waals surface area contributed by atoms with Gasteiger partial charge in [-0.25, -0.2) is 4.79 Å². The Kier molecular flexibility index (Phi) is 4.62. The number of hydrogen-bond acceptors (Lipinski definition) is 3. The summed E-state index contributed by atoms with van der Waals surface area (Å²) < 4.78 is 0. The van der Waals surface area contributed by atoms with E-state index < -0.39 is 0 Å². The Morgan fingerprint density at radius 1 is 0.963 bits per heavy atom. The Morgan fingerprint density at radius 2 is 1.74 bits per heavy atom. The topological polar surface area (TPSA) is 69.7 Å². The number of rotatable bonds is 5. The van der Waals surface area contributed by atoms with Crippen molar-refractivity contribution in [3.8, 4) is 0 Å². The molecule has 138 valence electrons. The Labute approximate surface area is 157 Å². The molecule has 2 saturated heterocycles. The van der Waals surface area contributed by atoms with E-state index in [4.69, 9.17) is 0 Å². The molecule has 0 aliphatic carbocycles. The van der Waals surface area contributed by atoms with Crippen LogP contribution in [0.25, 0.3) is 0 Å². The predicted molar refractivity (Wildman–Crippen MR) is 101 cm³/mol. The second kappa shape index (κ2) is 7.23. The molecule has 2 aromatic carbocycles.